The van der Waals surface area contributed by atoms with Gasteiger partial charge in [-0.15, -0.1) is 0 Å². The Hall–Kier alpha value is -2.40. The quantitative estimate of drug-likeness (QED) is 0.790. The fourth-order valence-corrected chi connectivity index (χ4v) is 3.42. The van der Waals surface area contributed by atoms with Crippen LogP contribution in [0.3, 0.4) is 0 Å². The fraction of sp³-hybridized carbons (Fsp3) is 0.333. The molecule has 2 aromatic heterocycles. The first kappa shape index (κ1) is 14.2. The summed E-state index contributed by atoms with van der Waals surface area (Å²) in [6.45, 7) is 1.73. The molecule has 4 rings (SSSR count). The molecule has 0 saturated carbocycles. The number of aromatic nitrogens is 3. The average Bonchev–Trinajstić information content (AvgIpc) is 2.94. The zero-order valence-corrected chi connectivity index (χ0v) is 13.2. The summed E-state index contributed by atoms with van der Waals surface area (Å²) in [5.74, 6) is 1.14. The second-order valence-corrected chi connectivity index (χ2v) is 6.12. The van der Waals surface area contributed by atoms with Gasteiger partial charge in [-0.2, -0.15) is 0 Å². The molecule has 0 unspecified atom stereocenters. The molecule has 1 aliphatic heterocycles. The highest BCUT2D eigenvalue weighted by molar-refractivity contribution is 6.00. The van der Waals surface area contributed by atoms with E-state index in [-0.39, 0.29) is 0 Å². The van der Waals surface area contributed by atoms with Gasteiger partial charge in [0.2, 0.25) is 0 Å². The van der Waals surface area contributed by atoms with Gasteiger partial charge >= 0.3 is 0 Å². The Balaban J connectivity index is 1.74. The number of anilines is 1. The molecule has 0 radical (unpaired) electrons. The molecule has 0 aliphatic carbocycles. The summed E-state index contributed by atoms with van der Waals surface area (Å²) in [6.07, 6.45) is 5.79. The molecule has 0 spiro atoms. The third-order valence-electron chi connectivity index (χ3n) is 4.70. The zero-order valence-electron chi connectivity index (χ0n) is 13.2. The standard InChI is InChI=1S/C18H20N4O/c1-22-10-15(16-17(19)20-11-21-18(16)22)14-4-2-12(3-5-14)13-6-8-23-9-7-13/h2-5,10-11,13H,6-9H2,1H3,(H2,19,20,21). The van der Waals surface area contributed by atoms with E-state index in [0.717, 1.165) is 48.2 Å². The molecular weight excluding hydrogens is 288 g/mol. The fourth-order valence-electron chi connectivity index (χ4n) is 3.42. The van der Waals surface area contributed by atoms with E-state index in [9.17, 15) is 0 Å². The number of nitrogens with zero attached hydrogens (tertiary/aromatic N) is 3. The molecule has 118 valence electrons. The van der Waals surface area contributed by atoms with E-state index in [1.165, 1.54) is 11.9 Å². The number of nitrogens with two attached hydrogens (primary N) is 1. The van der Waals surface area contributed by atoms with E-state index in [0.29, 0.717) is 11.7 Å². The summed E-state index contributed by atoms with van der Waals surface area (Å²) in [5, 5.41) is 0.925. The minimum Gasteiger partial charge on any atom is -0.383 e. The molecule has 5 heteroatoms. The van der Waals surface area contributed by atoms with Crippen LogP contribution in [0.4, 0.5) is 5.82 Å². The van der Waals surface area contributed by atoms with Gasteiger partial charge in [0.25, 0.3) is 0 Å². The van der Waals surface area contributed by atoms with E-state index in [2.05, 4.69) is 40.4 Å². The van der Waals surface area contributed by atoms with Crippen molar-refractivity contribution in [2.24, 2.45) is 7.05 Å². The number of fused-ring (bicyclic) bond motifs is 1. The lowest BCUT2D eigenvalue weighted by Crippen LogP contribution is -2.13. The third kappa shape index (κ3) is 2.47. The van der Waals surface area contributed by atoms with Gasteiger partial charge in [-0.1, -0.05) is 24.3 Å². The van der Waals surface area contributed by atoms with Crippen molar-refractivity contribution in [1.82, 2.24) is 14.5 Å². The summed E-state index contributed by atoms with van der Waals surface area (Å²) < 4.78 is 7.44. The maximum atomic E-state index is 6.08. The Morgan fingerprint density at radius 3 is 2.61 bits per heavy atom. The molecule has 1 saturated heterocycles. The van der Waals surface area contributed by atoms with Crippen LogP contribution in [0.2, 0.25) is 0 Å². The van der Waals surface area contributed by atoms with Crippen LogP contribution in [0.25, 0.3) is 22.2 Å². The lowest BCUT2D eigenvalue weighted by Gasteiger charge is -2.22. The molecule has 2 N–H and O–H groups in total. The second-order valence-electron chi connectivity index (χ2n) is 6.12. The molecule has 0 bridgehead atoms. The Bertz CT molecular complexity index is 832. The summed E-state index contributed by atoms with van der Waals surface area (Å²) in [7, 11) is 1.98. The number of hydrogen-bond acceptors (Lipinski definition) is 4. The molecule has 0 atom stereocenters. The molecule has 3 aromatic rings. The number of benzene rings is 1. The summed E-state index contributed by atoms with van der Waals surface area (Å²) in [5.41, 5.74) is 10.6. The van der Waals surface area contributed by atoms with Gasteiger partial charge in [-0.3, -0.25) is 0 Å². The van der Waals surface area contributed by atoms with Crippen LogP contribution < -0.4 is 5.73 Å². The normalized spacial score (nSPS) is 16.0. The maximum absolute atomic E-state index is 6.08. The molecule has 1 aromatic carbocycles. The van der Waals surface area contributed by atoms with Crippen LogP contribution in [-0.4, -0.2) is 27.7 Å². The summed E-state index contributed by atoms with van der Waals surface area (Å²) >= 11 is 0. The number of aryl methyl sites for hydroxylation is 1. The van der Waals surface area contributed by atoms with Gasteiger partial charge in [0, 0.05) is 32.0 Å². The SMILES string of the molecule is Cn1cc(-c2ccc(C3CCOCC3)cc2)c2c(N)ncnc21. The van der Waals surface area contributed by atoms with E-state index in [4.69, 9.17) is 10.5 Å². The lowest BCUT2D eigenvalue weighted by molar-refractivity contribution is 0.0853. The average molecular weight is 308 g/mol. The van der Waals surface area contributed by atoms with E-state index in [1.54, 1.807) is 0 Å². The van der Waals surface area contributed by atoms with Gasteiger partial charge in [0.15, 0.2) is 0 Å². The minimum atomic E-state index is 0.527. The third-order valence-corrected chi connectivity index (χ3v) is 4.70. The van der Waals surface area contributed by atoms with Crippen molar-refractivity contribution in [2.45, 2.75) is 18.8 Å². The van der Waals surface area contributed by atoms with Crippen molar-refractivity contribution < 1.29 is 4.74 Å². The largest absolute Gasteiger partial charge is 0.383 e. The van der Waals surface area contributed by atoms with Crippen LogP contribution in [0.1, 0.15) is 24.3 Å². The van der Waals surface area contributed by atoms with Crippen LogP contribution in [0.5, 0.6) is 0 Å². The topological polar surface area (TPSA) is 66.0 Å². The maximum Gasteiger partial charge on any atom is 0.145 e. The molecule has 5 nitrogen and oxygen atoms in total. The van der Waals surface area contributed by atoms with Crippen molar-refractivity contribution in [3.05, 3.63) is 42.4 Å². The monoisotopic (exact) mass is 308 g/mol. The van der Waals surface area contributed by atoms with Gasteiger partial charge in [0.1, 0.15) is 17.8 Å². The molecule has 0 amide bonds. The Labute approximate surface area is 135 Å². The molecule has 23 heavy (non-hydrogen) atoms. The summed E-state index contributed by atoms with van der Waals surface area (Å²) in [6, 6.07) is 8.80. The molecule has 1 fully saturated rings. The second kappa shape index (κ2) is 5.66. The van der Waals surface area contributed by atoms with Crippen LogP contribution in [0, 0.1) is 0 Å². The molecule has 3 heterocycles. The highest BCUT2D eigenvalue weighted by atomic mass is 16.5. The number of ether oxygens (including phenoxy) is 1. The predicted molar refractivity (Wildman–Crippen MR) is 91.2 cm³/mol. The minimum absolute atomic E-state index is 0.527. The van der Waals surface area contributed by atoms with Crippen molar-refractivity contribution in [3.63, 3.8) is 0 Å². The first-order valence-electron chi connectivity index (χ1n) is 7.97. The first-order valence-corrected chi connectivity index (χ1v) is 7.97. The number of hydrogen-bond donors (Lipinski definition) is 1. The van der Waals surface area contributed by atoms with Crippen molar-refractivity contribution >= 4 is 16.9 Å². The lowest BCUT2D eigenvalue weighted by atomic mass is 9.90. The van der Waals surface area contributed by atoms with Crippen LogP contribution >= 0.6 is 0 Å². The number of nitrogen functional groups attached to an aromatic ring is 1. The Kier molecular flexibility index (Phi) is 3.50. The van der Waals surface area contributed by atoms with Crippen molar-refractivity contribution in [3.8, 4) is 11.1 Å². The van der Waals surface area contributed by atoms with E-state index in [1.807, 2.05) is 11.6 Å². The zero-order chi connectivity index (χ0) is 15.8. The van der Waals surface area contributed by atoms with Crippen molar-refractivity contribution in [1.29, 1.82) is 0 Å². The van der Waals surface area contributed by atoms with Gasteiger partial charge in [-0.25, -0.2) is 9.97 Å². The molecule has 1 aliphatic rings. The highest BCUT2D eigenvalue weighted by Crippen LogP contribution is 2.34. The van der Waals surface area contributed by atoms with Crippen LogP contribution in [-0.2, 0) is 11.8 Å². The van der Waals surface area contributed by atoms with Gasteiger partial charge in [-0.05, 0) is 29.9 Å². The predicted octanol–water partition coefficient (Wildman–Crippen LogP) is 3.11. The smallest absolute Gasteiger partial charge is 0.145 e. The summed E-state index contributed by atoms with van der Waals surface area (Å²) in [4.78, 5) is 8.47. The Morgan fingerprint density at radius 2 is 1.87 bits per heavy atom. The molecular formula is C18H20N4O. The van der Waals surface area contributed by atoms with Gasteiger partial charge < -0.3 is 15.0 Å². The van der Waals surface area contributed by atoms with Gasteiger partial charge in [0.05, 0.1) is 5.39 Å². The Morgan fingerprint density at radius 1 is 1.13 bits per heavy atom. The van der Waals surface area contributed by atoms with Crippen molar-refractivity contribution in [2.75, 3.05) is 18.9 Å². The highest BCUT2D eigenvalue weighted by Gasteiger charge is 2.17. The first-order chi connectivity index (χ1) is 11.2. The van der Waals surface area contributed by atoms with Crippen LogP contribution in [0.15, 0.2) is 36.8 Å². The van der Waals surface area contributed by atoms with E-state index >= 15 is 0 Å². The van der Waals surface area contributed by atoms with E-state index < -0.39 is 0 Å². The number of rotatable bonds is 2.